The average Bonchev–Trinajstić information content (AvgIpc) is 2.42. The summed E-state index contributed by atoms with van der Waals surface area (Å²) in [6.45, 7) is 7.95. The Kier molecular flexibility index (Phi) is 4.25. The van der Waals surface area contributed by atoms with E-state index in [0.29, 0.717) is 5.71 Å². The highest BCUT2D eigenvalue weighted by Gasteiger charge is 2.25. The third-order valence-electron chi connectivity index (χ3n) is 3.24. The second-order valence-corrected chi connectivity index (χ2v) is 7.88. The molecule has 0 aromatic heterocycles. The van der Waals surface area contributed by atoms with Crippen molar-refractivity contribution < 1.29 is 13.2 Å². The number of hydrogen-bond acceptors (Lipinski definition) is 4. The van der Waals surface area contributed by atoms with Crippen molar-refractivity contribution in [3.63, 3.8) is 0 Å². The lowest BCUT2D eigenvalue weighted by Gasteiger charge is -2.25. The molecule has 120 valence electrons. The summed E-state index contributed by atoms with van der Waals surface area (Å²) in [6.07, 6.45) is 0. The summed E-state index contributed by atoms with van der Waals surface area (Å²) >= 11 is 0. The van der Waals surface area contributed by atoms with Crippen molar-refractivity contribution in [3.05, 3.63) is 29.8 Å². The van der Waals surface area contributed by atoms with E-state index in [4.69, 9.17) is 0 Å². The highest BCUT2D eigenvalue weighted by Crippen LogP contribution is 2.23. The normalized spacial score (nSPS) is 16.3. The van der Waals surface area contributed by atoms with E-state index in [-0.39, 0.29) is 16.9 Å². The first-order chi connectivity index (χ1) is 10.1. The van der Waals surface area contributed by atoms with E-state index in [9.17, 15) is 13.2 Å². The Hall–Kier alpha value is -1.93. The zero-order valence-corrected chi connectivity index (χ0v) is 13.9. The number of hydrazine groups is 1. The Balaban J connectivity index is 2.20. The predicted octanol–water partition coefficient (Wildman–Crippen LogP) is 1.58. The van der Waals surface area contributed by atoms with Crippen LogP contribution in [0.15, 0.2) is 34.3 Å². The van der Waals surface area contributed by atoms with Crippen LogP contribution in [-0.2, 0) is 15.4 Å². The molecule has 22 heavy (non-hydrogen) atoms. The van der Waals surface area contributed by atoms with Gasteiger partial charge in [-0.15, -0.1) is 4.83 Å². The summed E-state index contributed by atoms with van der Waals surface area (Å²) in [5, 5.41) is 4.72. The van der Waals surface area contributed by atoms with E-state index in [1.54, 1.807) is 19.1 Å². The number of nitrogens with zero attached hydrogens (tertiary/aromatic N) is 2. The number of carbonyl (C=O) groups is 1. The summed E-state index contributed by atoms with van der Waals surface area (Å²) in [4.78, 5) is 14.0. The van der Waals surface area contributed by atoms with Crippen LogP contribution in [0, 0.1) is 0 Å². The van der Waals surface area contributed by atoms with Gasteiger partial charge in [0.1, 0.15) is 0 Å². The van der Waals surface area contributed by atoms with Gasteiger partial charge in [-0.05, 0) is 30.0 Å². The summed E-state index contributed by atoms with van der Waals surface area (Å²) in [6, 6.07) is 6.01. The number of urea groups is 1. The molecule has 0 unspecified atom stereocenters. The molecule has 0 atom stereocenters. The Labute approximate surface area is 130 Å². The SMILES string of the molecule is CC1=NNC(=O)N(NS(=O)(=O)c2ccc(C(C)(C)C)cc2)C1. The molecular weight excluding hydrogens is 304 g/mol. The number of benzene rings is 1. The predicted molar refractivity (Wildman–Crippen MR) is 83.8 cm³/mol. The number of nitrogens with one attached hydrogen (secondary N) is 2. The highest BCUT2D eigenvalue weighted by atomic mass is 32.2. The maximum atomic E-state index is 12.3. The highest BCUT2D eigenvalue weighted by molar-refractivity contribution is 7.89. The maximum Gasteiger partial charge on any atom is 0.353 e. The van der Waals surface area contributed by atoms with Gasteiger partial charge in [0.25, 0.3) is 10.0 Å². The lowest BCUT2D eigenvalue weighted by molar-refractivity contribution is 0.193. The molecular formula is C14H20N4O3S. The number of carbonyl (C=O) groups excluding carboxylic acids is 1. The largest absolute Gasteiger partial charge is 0.353 e. The third kappa shape index (κ3) is 3.63. The van der Waals surface area contributed by atoms with Gasteiger partial charge in [0.15, 0.2) is 0 Å². The van der Waals surface area contributed by atoms with Crippen molar-refractivity contribution in [2.45, 2.75) is 38.0 Å². The molecule has 7 nitrogen and oxygen atoms in total. The van der Waals surface area contributed by atoms with Gasteiger partial charge in [-0.25, -0.2) is 23.6 Å². The minimum atomic E-state index is -3.82. The van der Waals surface area contributed by atoms with E-state index < -0.39 is 16.1 Å². The molecule has 2 amide bonds. The van der Waals surface area contributed by atoms with Gasteiger partial charge >= 0.3 is 6.03 Å². The summed E-state index contributed by atoms with van der Waals surface area (Å²) < 4.78 is 24.7. The monoisotopic (exact) mass is 324 g/mol. The lowest BCUT2D eigenvalue weighted by Crippen LogP contribution is -2.54. The summed E-state index contributed by atoms with van der Waals surface area (Å²) in [5.74, 6) is 0. The molecule has 1 aliphatic heterocycles. The summed E-state index contributed by atoms with van der Waals surface area (Å²) in [5.41, 5.74) is 3.81. The Morgan fingerprint density at radius 3 is 2.36 bits per heavy atom. The molecule has 0 aliphatic carbocycles. The van der Waals surface area contributed by atoms with Crippen LogP contribution >= 0.6 is 0 Å². The first-order valence-corrected chi connectivity index (χ1v) is 8.31. The van der Waals surface area contributed by atoms with Crippen molar-refractivity contribution in [2.75, 3.05) is 6.54 Å². The Morgan fingerprint density at radius 2 is 1.82 bits per heavy atom. The quantitative estimate of drug-likeness (QED) is 0.884. The molecule has 0 radical (unpaired) electrons. The number of hydrogen-bond donors (Lipinski definition) is 2. The smallest absolute Gasteiger partial charge is 0.245 e. The van der Waals surface area contributed by atoms with Crippen molar-refractivity contribution >= 4 is 21.8 Å². The zero-order chi connectivity index (χ0) is 16.5. The van der Waals surface area contributed by atoms with Crippen LogP contribution < -0.4 is 10.3 Å². The van der Waals surface area contributed by atoms with Crippen LogP contribution in [0.3, 0.4) is 0 Å². The minimum absolute atomic E-state index is 0.0595. The fourth-order valence-electron chi connectivity index (χ4n) is 1.95. The van der Waals surface area contributed by atoms with Crippen molar-refractivity contribution in [1.29, 1.82) is 0 Å². The van der Waals surface area contributed by atoms with Gasteiger partial charge in [-0.1, -0.05) is 32.9 Å². The summed E-state index contributed by atoms with van der Waals surface area (Å²) in [7, 11) is -3.82. The van der Waals surface area contributed by atoms with E-state index in [2.05, 4.69) is 36.1 Å². The molecule has 0 fully saturated rings. The number of sulfonamides is 1. The van der Waals surface area contributed by atoms with Crippen molar-refractivity contribution in [3.8, 4) is 0 Å². The maximum absolute atomic E-state index is 12.3. The van der Waals surface area contributed by atoms with Crippen molar-refractivity contribution in [1.82, 2.24) is 15.3 Å². The van der Waals surface area contributed by atoms with E-state index in [1.165, 1.54) is 12.1 Å². The van der Waals surface area contributed by atoms with E-state index in [0.717, 1.165) is 10.6 Å². The average molecular weight is 324 g/mol. The number of amides is 2. The van der Waals surface area contributed by atoms with Gasteiger partial charge in [0, 0.05) is 0 Å². The van der Waals surface area contributed by atoms with Gasteiger partial charge in [0.05, 0.1) is 17.2 Å². The number of hydrazone groups is 1. The minimum Gasteiger partial charge on any atom is -0.245 e. The topological polar surface area (TPSA) is 90.9 Å². The lowest BCUT2D eigenvalue weighted by atomic mass is 9.87. The van der Waals surface area contributed by atoms with Crippen LogP contribution in [0.4, 0.5) is 4.79 Å². The first kappa shape index (κ1) is 16.4. The standard InChI is InChI=1S/C14H20N4O3S/c1-10-9-18(13(19)16-15-10)17-22(20,21)12-7-5-11(6-8-12)14(2,3)4/h5-8,17H,9H2,1-4H3,(H,16,19). The Morgan fingerprint density at radius 1 is 1.23 bits per heavy atom. The molecule has 2 N–H and O–H groups in total. The van der Waals surface area contributed by atoms with Crippen LogP contribution in [0.5, 0.6) is 0 Å². The third-order valence-corrected chi connectivity index (χ3v) is 4.59. The molecule has 0 saturated carbocycles. The molecule has 1 heterocycles. The molecule has 1 aliphatic rings. The molecule has 1 aromatic carbocycles. The Bertz CT molecular complexity index is 703. The molecule has 1 aromatic rings. The second kappa shape index (κ2) is 5.69. The molecule has 0 saturated heterocycles. The fourth-order valence-corrected chi connectivity index (χ4v) is 2.98. The van der Waals surface area contributed by atoms with Gasteiger partial charge in [-0.3, -0.25) is 0 Å². The van der Waals surface area contributed by atoms with Crippen LogP contribution in [0.1, 0.15) is 33.3 Å². The second-order valence-electron chi connectivity index (χ2n) is 6.22. The first-order valence-electron chi connectivity index (χ1n) is 6.83. The van der Waals surface area contributed by atoms with Crippen LogP contribution in [-0.4, -0.2) is 31.7 Å². The molecule has 8 heteroatoms. The molecule has 0 bridgehead atoms. The number of rotatable bonds is 3. The molecule has 0 spiro atoms. The zero-order valence-electron chi connectivity index (χ0n) is 13.0. The van der Waals surface area contributed by atoms with Gasteiger partial charge in [-0.2, -0.15) is 5.10 Å². The van der Waals surface area contributed by atoms with Crippen molar-refractivity contribution in [2.24, 2.45) is 5.10 Å². The van der Waals surface area contributed by atoms with Crippen LogP contribution in [0.25, 0.3) is 0 Å². The van der Waals surface area contributed by atoms with Gasteiger partial charge in [0.2, 0.25) is 0 Å². The van der Waals surface area contributed by atoms with Gasteiger partial charge < -0.3 is 0 Å². The van der Waals surface area contributed by atoms with E-state index >= 15 is 0 Å². The van der Waals surface area contributed by atoms with Crippen LogP contribution in [0.2, 0.25) is 0 Å². The van der Waals surface area contributed by atoms with E-state index in [1.807, 2.05) is 0 Å². The molecule has 2 rings (SSSR count). The fraction of sp³-hybridized carbons (Fsp3) is 0.429.